The number of ether oxygens (including phenoxy) is 1. The average molecular weight is 440 g/mol. The maximum Gasteiger partial charge on any atom is 0.272 e. The van der Waals surface area contributed by atoms with Gasteiger partial charge in [0.1, 0.15) is 11.4 Å². The molecule has 2 aliphatic heterocycles. The molecule has 6 nitrogen and oxygen atoms in total. The molecule has 0 aliphatic carbocycles. The van der Waals surface area contributed by atoms with E-state index in [1.54, 1.807) is 25.4 Å². The summed E-state index contributed by atoms with van der Waals surface area (Å²) in [6.07, 6.45) is 2.46. The van der Waals surface area contributed by atoms with Gasteiger partial charge < -0.3 is 20.1 Å². The quantitative estimate of drug-likeness (QED) is 0.612. The van der Waals surface area contributed by atoms with Crippen molar-refractivity contribution in [1.82, 2.24) is 9.88 Å². The fraction of sp³-hybridized carbons (Fsp3) is 0.259. The molecule has 3 heterocycles. The number of fused-ring (bicyclic) bond motifs is 3. The first-order valence-corrected chi connectivity index (χ1v) is 11.1. The Bertz CT molecular complexity index is 1210. The number of aliphatic hydroxyl groups excluding tert-OH is 1. The van der Waals surface area contributed by atoms with Crippen LogP contribution in [0.1, 0.15) is 39.6 Å². The summed E-state index contributed by atoms with van der Waals surface area (Å²) in [5, 5.41) is 13.5. The zero-order chi connectivity index (χ0) is 22.8. The molecule has 3 aromatic rings. The number of aliphatic hydroxyl groups is 1. The molecule has 166 valence electrons. The molecule has 2 N–H and O–H groups in total. The summed E-state index contributed by atoms with van der Waals surface area (Å²) in [5.74, 6) is 7.29. The highest BCUT2D eigenvalue weighted by molar-refractivity contribution is 5.93. The molecule has 1 fully saturated rings. The van der Waals surface area contributed by atoms with Crippen molar-refractivity contribution in [2.75, 3.05) is 25.6 Å². The van der Waals surface area contributed by atoms with Gasteiger partial charge in [0.15, 0.2) is 0 Å². The van der Waals surface area contributed by atoms with E-state index in [9.17, 15) is 9.90 Å². The molecule has 33 heavy (non-hydrogen) atoms. The summed E-state index contributed by atoms with van der Waals surface area (Å²) in [5.41, 5.74) is 4.19. The molecule has 0 spiro atoms. The van der Waals surface area contributed by atoms with Crippen molar-refractivity contribution in [3.8, 4) is 17.6 Å². The number of carbonyl (C=O) groups is 1. The lowest BCUT2D eigenvalue weighted by atomic mass is 9.82. The number of hydrogen-bond acceptors (Lipinski definition) is 5. The minimum Gasteiger partial charge on any atom is -0.497 e. The summed E-state index contributed by atoms with van der Waals surface area (Å²) >= 11 is 0. The fourth-order valence-electron chi connectivity index (χ4n) is 4.82. The Morgan fingerprint density at radius 1 is 1.15 bits per heavy atom. The van der Waals surface area contributed by atoms with E-state index in [-0.39, 0.29) is 30.5 Å². The standard InChI is InChI=1S/C27H25N3O3/c1-33-20-10-7-18(8-11-20)5-6-19-9-12-23-22(16-19)26-21(25(17-31)29-23)13-15-30(26)27(32)24-4-2-3-14-28-24/h2-4,7-12,14,16,21,25-26,29,31H,13,15,17H2,1H3/t21-,25+,26-/m0/s1. The predicted molar refractivity (Wildman–Crippen MR) is 126 cm³/mol. The van der Waals surface area contributed by atoms with Crippen LogP contribution < -0.4 is 10.1 Å². The number of methoxy groups -OCH3 is 1. The lowest BCUT2D eigenvalue weighted by Gasteiger charge is -2.39. The van der Waals surface area contributed by atoms with Gasteiger partial charge in [0.25, 0.3) is 5.91 Å². The number of carbonyl (C=O) groups excluding carboxylic acids is 1. The van der Waals surface area contributed by atoms with E-state index in [1.165, 1.54) is 0 Å². The van der Waals surface area contributed by atoms with Gasteiger partial charge in [-0.25, -0.2) is 0 Å². The minimum atomic E-state index is -0.129. The third-order valence-electron chi connectivity index (χ3n) is 6.46. The lowest BCUT2D eigenvalue weighted by molar-refractivity contribution is 0.0695. The van der Waals surface area contributed by atoms with Crippen molar-refractivity contribution in [2.45, 2.75) is 18.5 Å². The number of pyridine rings is 1. The number of anilines is 1. The Hall–Kier alpha value is -3.82. The summed E-state index contributed by atoms with van der Waals surface area (Å²) < 4.78 is 5.20. The van der Waals surface area contributed by atoms with Gasteiger partial charge in [0, 0.05) is 35.5 Å². The van der Waals surface area contributed by atoms with Crippen LogP contribution in [0.15, 0.2) is 66.9 Å². The van der Waals surface area contributed by atoms with Crippen LogP contribution in [0.3, 0.4) is 0 Å². The predicted octanol–water partition coefficient (Wildman–Crippen LogP) is 3.48. The van der Waals surface area contributed by atoms with E-state index >= 15 is 0 Å². The van der Waals surface area contributed by atoms with Crippen LogP contribution in [0.25, 0.3) is 0 Å². The zero-order valence-electron chi connectivity index (χ0n) is 18.4. The number of hydrogen-bond donors (Lipinski definition) is 2. The largest absolute Gasteiger partial charge is 0.497 e. The van der Waals surface area contributed by atoms with Gasteiger partial charge in [0.05, 0.1) is 25.8 Å². The van der Waals surface area contributed by atoms with E-state index in [1.807, 2.05) is 47.4 Å². The first kappa shape index (κ1) is 21.0. The highest BCUT2D eigenvalue weighted by Crippen LogP contribution is 2.46. The highest BCUT2D eigenvalue weighted by Gasteiger charge is 2.46. The van der Waals surface area contributed by atoms with Gasteiger partial charge in [-0.15, -0.1) is 0 Å². The summed E-state index contributed by atoms with van der Waals surface area (Å²) in [7, 11) is 1.64. The summed E-state index contributed by atoms with van der Waals surface area (Å²) in [6, 6.07) is 18.8. The van der Waals surface area contributed by atoms with Gasteiger partial charge in [-0.2, -0.15) is 0 Å². The molecule has 2 aromatic carbocycles. The molecule has 6 heteroatoms. The van der Waals surface area contributed by atoms with Gasteiger partial charge in [-0.3, -0.25) is 9.78 Å². The Balaban J connectivity index is 1.49. The molecule has 0 saturated carbocycles. The first-order valence-electron chi connectivity index (χ1n) is 11.1. The topological polar surface area (TPSA) is 74.7 Å². The van der Waals surface area contributed by atoms with Gasteiger partial charge >= 0.3 is 0 Å². The number of rotatable bonds is 3. The second-order valence-corrected chi connectivity index (χ2v) is 8.32. The monoisotopic (exact) mass is 439 g/mol. The number of benzene rings is 2. The van der Waals surface area contributed by atoms with E-state index in [0.717, 1.165) is 34.5 Å². The molecular formula is C27H25N3O3. The van der Waals surface area contributed by atoms with Gasteiger partial charge in [0.2, 0.25) is 0 Å². The summed E-state index contributed by atoms with van der Waals surface area (Å²) in [6.45, 7) is 0.648. The van der Waals surface area contributed by atoms with Gasteiger partial charge in [-0.1, -0.05) is 17.9 Å². The number of likely N-dealkylation sites (tertiary alicyclic amines) is 1. The first-order chi connectivity index (χ1) is 16.2. The van der Waals surface area contributed by atoms with E-state index in [2.05, 4.69) is 28.2 Å². The summed E-state index contributed by atoms with van der Waals surface area (Å²) in [4.78, 5) is 19.5. The second kappa shape index (κ2) is 8.97. The third-order valence-corrected chi connectivity index (χ3v) is 6.46. The molecule has 2 aliphatic rings. The van der Waals surface area contributed by atoms with Crippen LogP contribution >= 0.6 is 0 Å². The van der Waals surface area contributed by atoms with Crippen molar-refractivity contribution in [3.05, 3.63) is 89.2 Å². The van der Waals surface area contributed by atoms with E-state index in [4.69, 9.17) is 4.74 Å². The average Bonchev–Trinajstić information content (AvgIpc) is 3.33. The minimum absolute atomic E-state index is 0.0191. The van der Waals surface area contributed by atoms with Crippen molar-refractivity contribution in [2.24, 2.45) is 5.92 Å². The SMILES string of the molecule is COc1ccc(C#Cc2ccc3c(c2)[C@@H]2[C@@H](CCN2C(=O)c2ccccn2)[C@@H](CO)N3)cc1. The van der Waals surface area contributed by atoms with Crippen molar-refractivity contribution in [1.29, 1.82) is 0 Å². The highest BCUT2D eigenvalue weighted by atomic mass is 16.5. The number of amides is 1. The Morgan fingerprint density at radius 2 is 1.94 bits per heavy atom. The molecule has 3 atom stereocenters. The smallest absolute Gasteiger partial charge is 0.272 e. The maximum absolute atomic E-state index is 13.3. The Morgan fingerprint density at radius 3 is 2.67 bits per heavy atom. The van der Waals surface area contributed by atoms with Crippen LogP contribution in [-0.4, -0.2) is 47.2 Å². The van der Waals surface area contributed by atoms with Crippen LogP contribution in [0.4, 0.5) is 5.69 Å². The zero-order valence-corrected chi connectivity index (χ0v) is 18.4. The molecule has 1 saturated heterocycles. The van der Waals surface area contributed by atoms with E-state index < -0.39 is 0 Å². The van der Waals surface area contributed by atoms with Gasteiger partial charge in [-0.05, 0) is 66.6 Å². The number of aromatic nitrogens is 1. The molecular weight excluding hydrogens is 414 g/mol. The second-order valence-electron chi connectivity index (χ2n) is 8.32. The molecule has 5 rings (SSSR count). The molecule has 0 radical (unpaired) electrons. The Kier molecular flexibility index (Phi) is 5.72. The van der Waals surface area contributed by atoms with Crippen molar-refractivity contribution in [3.63, 3.8) is 0 Å². The number of nitrogens with one attached hydrogen (secondary N) is 1. The van der Waals surface area contributed by atoms with Crippen LogP contribution in [0, 0.1) is 17.8 Å². The maximum atomic E-state index is 13.3. The Labute approximate surface area is 193 Å². The van der Waals surface area contributed by atoms with Crippen molar-refractivity contribution < 1.29 is 14.6 Å². The van der Waals surface area contributed by atoms with Crippen LogP contribution in [0.5, 0.6) is 5.75 Å². The number of nitrogens with zero attached hydrogens (tertiary/aromatic N) is 2. The van der Waals surface area contributed by atoms with Crippen LogP contribution in [0.2, 0.25) is 0 Å². The molecule has 0 bridgehead atoms. The fourth-order valence-corrected chi connectivity index (χ4v) is 4.82. The normalized spacial score (nSPS) is 20.7. The van der Waals surface area contributed by atoms with E-state index in [0.29, 0.717) is 12.2 Å². The molecule has 1 aromatic heterocycles. The molecule has 0 unspecified atom stereocenters. The third kappa shape index (κ3) is 4.04. The van der Waals surface area contributed by atoms with Crippen molar-refractivity contribution >= 4 is 11.6 Å². The molecule has 1 amide bonds. The lowest BCUT2D eigenvalue weighted by Crippen LogP contribution is -2.43. The van der Waals surface area contributed by atoms with Crippen LogP contribution in [-0.2, 0) is 0 Å².